The topological polar surface area (TPSA) is 40.5 Å². The Hall–Kier alpha value is -1.35. The standard InChI is InChI=1S/C39H71NO2/c1-3-4-5-6-7-8-9-10-11-12-13-14-15-16-17-18-19-20-21-22-23-24-25-26-27-28-29-30-34-40(37(2)42)39-33-31-32-38(35-39)36-41/h31-33,35,41H,3-30,34,36H2,1-2H3. The minimum Gasteiger partial charge on any atom is -0.392 e. The summed E-state index contributed by atoms with van der Waals surface area (Å²) in [6.45, 7) is 4.71. The third kappa shape index (κ3) is 23.1. The van der Waals surface area contributed by atoms with Crippen molar-refractivity contribution in [2.24, 2.45) is 0 Å². The first-order valence-corrected chi connectivity index (χ1v) is 18.7. The van der Waals surface area contributed by atoms with Crippen LogP contribution in [-0.2, 0) is 11.4 Å². The van der Waals surface area contributed by atoms with Crippen molar-refractivity contribution in [3.63, 3.8) is 0 Å². The number of hydrogen-bond acceptors (Lipinski definition) is 2. The van der Waals surface area contributed by atoms with Crippen LogP contribution in [0.3, 0.4) is 0 Å². The van der Waals surface area contributed by atoms with Crippen molar-refractivity contribution in [1.29, 1.82) is 0 Å². The van der Waals surface area contributed by atoms with Gasteiger partial charge in [-0.3, -0.25) is 4.79 Å². The van der Waals surface area contributed by atoms with Crippen molar-refractivity contribution in [2.75, 3.05) is 11.4 Å². The Labute approximate surface area is 262 Å². The van der Waals surface area contributed by atoms with Crippen LogP contribution in [-0.4, -0.2) is 17.6 Å². The third-order valence-electron chi connectivity index (χ3n) is 9.02. The molecule has 1 N–H and O–H groups in total. The Bertz CT molecular complexity index is 718. The maximum Gasteiger partial charge on any atom is 0.223 e. The molecule has 1 aromatic rings. The summed E-state index contributed by atoms with van der Waals surface area (Å²) in [5, 5.41) is 9.36. The molecule has 0 saturated carbocycles. The maximum absolute atomic E-state index is 12.1. The minimum atomic E-state index is 0.0131. The Balaban J connectivity index is 1.77. The van der Waals surface area contributed by atoms with E-state index in [0.29, 0.717) is 0 Å². The summed E-state index contributed by atoms with van der Waals surface area (Å²) in [4.78, 5) is 13.9. The predicted octanol–water partition coefficient (Wildman–Crippen LogP) is 12.5. The lowest BCUT2D eigenvalue weighted by Gasteiger charge is -2.21. The zero-order valence-corrected chi connectivity index (χ0v) is 28.3. The summed E-state index contributed by atoms with van der Waals surface area (Å²) in [7, 11) is 0. The zero-order valence-electron chi connectivity index (χ0n) is 28.3. The molecule has 42 heavy (non-hydrogen) atoms. The van der Waals surface area contributed by atoms with Gasteiger partial charge in [0.25, 0.3) is 0 Å². The second-order valence-corrected chi connectivity index (χ2v) is 13.0. The second kappa shape index (κ2) is 29.7. The molecule has 0 aliphatic carbocycles. The summed E-state index contributed by atoms with van der Waals surface area (Å²) in [5.41, 5.74) is 1.76. The molecule has 1 amide bonds. The highest BCUT2D eigenvalue weighted by atomic mass is 16.3. The molecule has 0 radical (unpaired) electrons. The SMILES string of the molecule is CCCCCCCCCCCCCCCCCCCCCCCCCCCCCCN(C(C)=O)c1cccc(CO)c1. The molecule has 3 heteroatoms. The number of carbonyl (C=O) groups excluding carboxylic acids is 1. The average molecular weight is 586 g/mol. The van der Waals surface area contributed by atoms with Gasteiger partial charge in [0.1, 0.15) is 0 Å². The average Bonchev–Trinajstić information content (AvgIpc) is 3.00. The molecule has 3 nitrogen and oxygen atoms in total. The van der Waals surface area contributed by atoms with Crippen molar-refractivity contribution < 1.29 is 9.90 Å². The second-order valence-electron chi connectivity index (χ2n) is 13.0. The van der Waals surface area contributed by atoms with Gasteiger partial charge in [-0.05, 0) is 24.1 Å². The molecule has 0 aliphatic rings. The smallest absolute Gasteiger partial charge is 0.223 e. The molecule has 0 spiro atoms. The summed E-state index contributed by atoms with van der Waals surface area (Å²) in [5.74, 6) is 0.0788. The van der Waals surface area contributed by atoms with Crippen LogP contribution in [0.15, 0.2) is 24.3 Å². The van der Waals surface area contributed by atoms with Gasteiger partial charge in [0.15, 0.2) is 0 Å². The van der Waals surface area contributed by atoms with Crippen molar-refractivity contribution in [3.8, 4) is 0 Å². The summed E-state index contributed by atoms with van der Waals surface area (Å²) in [6.07, 6.45) is 39.5. The lowest BCUT2D eigenvalue weighted by Crippen LogP contribution is -2.29. The van der Waals surface area contributed by atoms with Crippen LogP contribution in [0.25, 0.3) is 0 Å². The number of aliphatic hydroxyl groups excluding tert-OH is 1. The van der Waals surface area contributed by atoms with Crippen LogP contribution >= 0.6 is 0 Å². The van der Waals surface area contributed by atoms with Crippen molar-refractivity contribution in [2.45, 2.75) is 200 Å². The number of carbonyl (C=O) groups is 1. The van der Waals surface area contributed by atoms with Gasteiger partial charge < -0.3 is 10.0 Å². The number of unbranched alkanes of at least 4 members (excludes halogenated alkanes) is 27. The number of benzene rings is 1. The first-order valence-electron chi connectivity index (χ1n) is 18.7. The highest BCUT2D eigenvalue weighted by molar-refractivity contribution is 5.91. The quantitative estimate of drug-likeness (QED) is 0.0880. The van der Waals surface area contributed by atoms with E-state index in [1.807, 2.05) is 29.2 Å². The van der Waals surface area contributed by atoms with Crippen LogP contribution in [0, 0.1) is 0 Å². The molecule has 244 valence electrons. The molecule has 0 heterocycles. The number of anilines is 1. The molecular weight excluding hydrogens is 514 g/mol. The molecule has 0 aromatic heterocycles. The number of hydrogen-bond donors (Lipinski definition) is 1. The van der Waals surface area contributed by atoms with Gasteiger partial charge in [-0.1, -0.05) is 192 Å². The van der Waals surface area contributed by atoms with Crippen molar-refractivity contribution >= 4 is 11.6 Å². The minimum absolute atomic E-state index is 0.0131. The van der Waals surface area contributed by atoms with E-state index >= 15 is 0 Å². The molecule has 0 fully saturated rings. The van der Waals surface area contributed by atoms with Crippen LogP contribution in [0.2, 0.25) is 0 Å². The highest BCUT2D eigenvalue weighted by Gasteiger charge is 2.11. The van der Waals surface area contributed by atoms with E-state index in [0.717, 1.165) is 24.2 Å². The highest BCUT2D eigenvalue weighted by Crippen LogP contribution is 2.19. The fourth-order valence-electron chi connectivity index (χ4n) is 6.23. The monoisotopic (exact) mass is 586 g/mol. The Kier molecular flexibility index (Phi) is 27.4. The summed E-state index contributed by atoms with van der Waals surface area (Å²) in [6, 6.07) is 7.69. The normalized spacial score (nSPS) is 11.3. The lowest BCUT2D eigenvalue weighted by atomic mass is 10.0. The molecule has 0 saturated heterocycles. The van der Waals surface area contributed by atoms with E-state index in [9.17, 15) is 9.90 Å². The zero-order chi connectivity index (χ0) is 30.4. The Morgan fingerprint density at radius 2 is 0.881 bits per heavy atom. The molecule has 1 rings (SSSR count). The summed E-state index contributed by atoms with van der Waals surface area (Å²) >= 11 is 0. The third-order valence-corrected chi connectivity index (χ3v) is 9.02. The van der Waals surface area contributed by atoms with E-state index in [2.05, 4.69) is 6.92 Å². The number of aliphatic hydroxyl groups is 1. The van der Waals surface area contributed by atoms with Gasteiger partial charge in [0.2, 0.25) is 5.91 Å². The Morgan fingerprint density at radius 1 is 0.548 bits per heavy atom. The van der Waals surface area contributed by atoms with E-state index in [4.69, 9.17) is 0 Å². The van der Waals surface area contributed by atoms with E-state index in [-0.39, 0.29) is 12.5 Å². The van der Waals surface area contributed by atoms with Gasteiger partial charge in [0.05, 0.1) is 6.61 Å². The molecule has 1 aromatic carbocycles. The van der Waals surface area contributed by atoms with E-state index in [1.54, 1.807) is 6.92 Å². The first kappa shape index (κ1) is 38.7. The van der Waals surface area contributed by atoms with E-state index < -0.39 is 0 Å². The predicted molar refractivity (Wildman–Crippen MR) is 185 cm³/mol. The molecule has 0 unspecified atom stereocenters. The fourth-order valence-corrected chi connectivity index (χ4v) is 6.23. The van der Waals surface area contributed by atoms with Gasteiger partial charge in [0, 0.05) is 19.2 Å². The molecular formula is C39H71NO2. The van der Waals surface area contributed by atoms with E-state index in [1.165, 1.54) is 173 Å². The first-order chi connectivity index (χ1) is 20.7. The largest absolute Gasteiger partial charge is 0.392 e. The van der Waals surface area contributed by atoms with Gasteiger partial charge >= 0.3 is 0 Å². The lowest BCUT2D eigenvalue weighted by molar-refractivity contribution is -0.116. The van der Waals surface area contributed by atoms with Gasteiger partial charge in [-0.2, -0.15) is 0 Å². The van der Waals surface area contributed by atoms with Crippen LogP contribution in [0.4, 0.5) is 5.69 Å². The van der Waals surface area contributed by atoms with Crippen LogP contribution < -0.4 is 4.90 Å². The molecule has 0 bridgehead atoms. The number of rotatable bonds is 31. The summed E-state index contributed by atoms with van der Waals surface area (Å²) < 4.78 is 0. The van der Waals surface area contributed by atoms with Crippen molar-refractivity contribution in [3.05, 3.63) is 29.8 Å². The Morgan fingerprint density at radius 3 is 1.19 bits per heavy atom. The van der Waals surface area contributed by atoms with Crippen LogP contribution in [0.5, 0.6) is 0 Å². The number of amides is 1. The van der Waals surface area contributed by atoms with Crippen molar-refractivity contribution in [1.82, 2.24) is 0 Å². The van der Waals surface area contributed by atoms with Gasteiger partial charge in [-0.15, -0.1) is 0 Å². The van der Waals surface area contributed by atoms with Crippen LogP contribution in [0.1, 0.15) is 199 Å². The maximum atomic E-state index is 12.1. The van der Waals surface area contributed by atoms with Gasteiger partial charge in [-0.25, -0.2) is 0 Å². The molecule has 0 aliphatic heterocycles. The molecule has 0 atom stereocenters. The fraction of sp³-hybridized carbons (Fsp3) is 0.821. The number of nitrogens with zero attached hydrogens (tertiary/aromatic N) is 1.